The number of aliphatic carboxylic acids is 1. The van der Waals surface area contributed by atoms with Gasteiger partial charge in [0.05, 0.1) is 11.4 Å². The summed E-state index contributed by atoms with van der Waals surface area (Å²) in [6.45, 7) is 0. The first-order valence-electron chi connectivity index (χ1n) is 13.7. The van der Waals surface area contributed by atoms with Gasteiger partial charge in [0.2, 0.25) is 5.91 Å². The number of carboxylic acid groups (broad SMARTS) is 1. The smallest absolute Gasteiger partial charge is 0.326 e. The molecule has 1 unspecified atom stereocenters. The molecule has 2 heterocycles. The van der Waals surface area contributed by atoms with Gasteiger partial charge in [-0.2, -0.15) is 5.10 Å². The van der Waals surface area contributed by atoms with Gasteiger partial charge in [0.25, 0.3) is 0 Å². The van der Waals surface area contributed by atoms with E-state index in [-0.39, 0.29) is 6.42 Å². The predicted molar refractivity (Wildman–Crippen MR) is 161 cm³/mol. The number of amides is 1. The summed E-state index contributed by atoms with van der Waals surface area (Å²) >= 11 is 6.24. The Kier molecular flexibility index (Phi) is 7.44. The number of carbonyl (C=O) groups excluding carboxylic acids is 1. The number of aromatic nitrogens is 3. The molecule has 1 amide bonds. The number of para-hydroxylation sites is 1. The lowest BCUT2D eigenvalue weighted by Gasteiger charge is -2.16. The SMILES string of the molecule is O=C(/C=C/c1cn(-c2cccc(Cl)c2)nc1-c1ccc2c(c1)CCCC2)NC(Cc1c[nH]c2ccccc12)C(=O)O. The average Bonchev–Trinajstić information content (AvgIpc) is 3.60. The summed E-state index contributed by atoms with van der Waals surface area (Å²) in [5, 5.41) is 18.9. The maximum absolute atomic E-state index is 13.0. The van der Waals surface area contributed by atoms with Crippen molar-refractivity contribution in [1.82, 2.24) is 20.1 Å². The minimum Gasteiger partial charge on any atom is -0.480 e. The number of hydrogen-bond donors (Lipinski definition) is 3. The van der Waals surface area contributed by atoms with Gasteiger partial charge in [-0.15, -0.1) is 0 Å². The fourth-order valence-corrected chi connectivity index (χ4v) is 5.66. The first-order valence-corrected chi connectivity index (χ1v) is 14.1. The van der Waals surface area contributed by atoms with E-state index in [4.69, 9.17) is 16.7 Å². The number of H-pyrrole nitrogens is 1. The van der Waals surface area contributed by atoms with Crippen LogP contribution in [0, 0.1) is 0 Å². The minimum atomic E-state index is -1.10. The summed E-state index contributed by atoms with van der Waals surface area (Å²) in [6, 6.07) is 20.4. The second-order valence-electron chi connectivity index (χ2n) is 10.3. The molecule has 7 nitrogen and oxygen atoms in total. The molecule has 0 bridgehead atoms. The van der Waals surface area contributed by atoms with Crippen molar-refractivity contribution in [2.75, 3.05) is 0 Å². The zero-order chi connectivity index (χ0) is 28.3. The number of nitrogens with zero attached hydrogens (tertiary/aromatic N) is 2. The Labute approximate surface area is 242 Å². The van der Waals surface area contributed by atoms with Gasteiger partial charge in [-0.25, -0.2) is 9.48 Å². The van der Waals surface area contributed by atoms with Crippen LogP contribution < -0.4 is 5.32 Å². The van der Waals surface area contributed by atoms with Gasteiger partial charge < -0.3 is 15.4 Å². The third kappa shape index (κ3) is 5.81. The summed E-state index contributed by atoms with van der Waals surface area (Å²) in [5.74, 6) is -1.59. The van der Waals surface area contributed by atoms with Gasteiger partial charge in [0.15, 0.2) is 0 Å². The third-order valence-corrected chi connectivity index (χ3v) is 7.80. The monoisotopic (exact) mass is 564 g/mol. The largest absolute Gasteiger partial charge is 0.480 e. The number of benzene rings is 3. The Morgan fingerprint density at radius 2 is 1.88 bits per heavy atom. The number of carbonyl (C=O) groups is 2. The first-order chi connectivity index (χ1) is 19.9. The number of rotatable bonds is 8. The van der Waals surface area contributed by atoms with Gasteiger partial charge >= 0.3 is 5.97 Å². The van der Waals surface area contributed by atoms with E-state index in [1.54, 1.807) is 23.0 Å². The molecular weight excluding hydrogens is 536 g/mol. The molecular formula is C33H29ClN4O3. The Hall–Kier alpha value is -4.62. The van der Waals surface area contributed by atoms with Crippen LogP contribution in [0.25, 0.3) is 33.9 Å². The molecule has 1 aliphatic carbocycles. The molecule has 3 aromatic carbocycles. The standard InChI is InChI=1S/C33H29ClN4O3/c34-26-8-5-9-27(18-26)38-20-24(32(37-38)23-13-12-21-6-1-2-7-22(21)16-23)14-15-31(39)36-30(33(40)41)17-25-19-35-29-11-4-3-10-28(25)29/h3-5,8-16,18-20,30,35H,1-2,6-7,17H2,(H,36,39)(H,40,41)/b15-14+. The van der Waals surface area contributed by atoms with E-state index in [1.165, 1.54) is 30.0 Å². The Balaban J connectivity index is 1.28. The summed E-state index contributed by atoms with van der Waals surface area (Å²) in [6.07, 6.45) is 11.4. The Morgan fingerprint density at radius 3 is 2.71 bits per heavy atom. The lowest BCUT2D eigenvalue weighted by Crippen LogP contribution is -2.41. The average molecular weight is 565 g/mol. The van der Waals surface area contributed by atoms with Crippen LogP contribution >= 0.6 is 11.6 Å². The summed E-state index contributed by atoms with van der Waals surface area (Å²) in [5.41, 5.74) is 7.69. The first kappa shape index (κ1) is 26.6. The molecule has 1 atom stereocenters. The third-order valence-electron chi connectivity index (χ3n) is 7.57. The van der Waals surface area contributed by atoms with Crippen molar-refractivity contribution in [3.05, 3.63) is 112 Å². The molecule has 0 saturated heterocycles. The quantitative estimate of drug-likeness (QED) is 0.190. The van der Waals surface area contributed by atoms with Crippen LogP contribution in [-0.2, 0) is 28.9 Å². The van der Waals surface area contributed by atoms with Gasteiger partial charge in [-0.3, -0.25) is 4.79 Å². The molecule has 0 saturated carbocycles. The number of aryl methyl sites for hydroxylation is 2. The maximum atomic E-state index is 13.0. The molecule has 0 radical (unpaired) electrons. The number of hydrogen-bond acceptors (Lipinski definition) is 3. The lowest BCUT2D eigenvalue weighted by molar-refractivity contribution is -0.141. The van der Waals surface area contributed by atoms with Gasteiger partial charge in [0.1, 0.15) is 6.04 Å². The van der Waals surface area contributed by atoms with E-state index < -0.39 is 17.9 Å². The normalized spacial score (nSPS) is 13.8. The van der Waals surface area contributed by atoms with E-state index in [2.05, 4.69) is 28.5 Å². The highest BCUT2D eigenvalue weighted by Crippen LogP contribution is 2.30. The summed E-state index contributed by atoms with van der Waals surface area (Å²) < 4.78 is 1.75. The number of carboxylic acids is 1. The molecule has 5 aromatic rings. The van der Waals surface area contributed by atoms with E-state index in [9.17, 15) is 14.7 Å². The molecule has 0 fully saturated rings. The van der Waals surface area contributed by atoms with Crippen molar-refractivity contribution in [1.29, 1.82) is 0 Å². The zero-order valence-corrected chi connectivity index (χ0v) is 23.1. The predicted octanol–water partition coefficient (Wildman–Crippen LogP) is 6.38. The van der Waals surface area contributed by atoms with Crippen molar-refractivity contribution in [2.24, 2.45) is 0 Å². The Bertz CT molecular complexity index is 1780. The van der Waals surface area contributed by atoms with Crippen LogP contribution in [0.1, 0.15) is 35.1 Å². The molecule has 6 rings (SSSR count). The van der Waals surface area contributed by atoms with Crippen LogP contribution in [-0.4, -0.2) is 37.8 Å². The van der Waals surface area contributed by atoms with E-state index in [0.29, 0.717) is 5.02 Å². The fourth-order valence-electron chi connectivity index (χ4n) is 5.47. The van der Waals surface area contributed by atoms with Gasteiger partial charge in [-0.1, -0.05) is 48.0 Å². The van der Waals surface area contributed by atoms with Crippen LogP contribution in [0.15, 0.2) is 85.2 Å². The van der Waals surface area contributed by atoms with Crippen LogP contribution in [0.4, 0.5) is 0 Å². The number of fused-ring (bicyclic) bond motifs is 2. The molecule has 8 heteroatoms. The van der Waals surface area contributed by atoms with Gasteiger partial charge in [0, 0.05) is 51.9 Å². The summed E-state index contributed by atoms with van der Waals surface area (Å²) in [4.78, 5) is 28.2. The lowest BCUT2D eigenvalue weighted by atomic mass is 9.89. The summed E-state index contributed by atoms with van der Waals surface area (Å²) in [7, 11) is 0. The van der Waals surface area contributed by atoms with Crippen molar-refractivity contribution < 1.29 is 14.7 Å². The second kappa shape index (κ2) is 11.5. The number of aromatic amines is 1. The topological polar surface area (TPSA) is 100 Å². The van der Waals surface area contributed by atoms with Crippen LogP contribution in [0.3, 0.4) is 0 Å². The molecule has 0 spiro atoms. The molecule has 2 aromatic heterocycles. The highest BCUT2D eigenvalue weighted by atomic mass is 35.5. The van der Waals surface area contributed by atoms with Crippen LogP contribution in [0.5, 0.6) is 0 Å². The van der Waals surface area contributed by atoms with Crippen molar-refractivity contribution in [2.45, 2.75) is 38.1 Å². The number of nitrogens with one attached hydrogen (secondary N) is 2. The molecule has 206 valence electrons. The van der Waals surface area contributed by atoms with Crippen molar-refractivity contribution in [3.8, 4) is 16.9 Å². The van der Waals surface area contributed by atoms with E-state index in [0.717, 1.165) is 51.8 Å². The van der Waals surface area contributed by atoms with Gasteiger partial charge in [-0.05, 0) is 78.8 Å². The maximum Gasteiger partial charge on any atom is 0.326 e. The molecule has 41 heavy (non-hydrogen) atoms. The molecule has 3 N–H and O–H groups in total. The van der Waals surface area contributed by atoms with Crippen molar-refractivity contribution >= 4 is 40.5 Å². The zero-order valence-electron chi connectivity index (χ0n) is 22.3. The highest BCUT2D eigenvalue weighted by molar-refractivity contribution is 6.30. The van der Waals surface area contributed by atoms with E-state index >= 15 is 0 Å². The number of halogens is 1. The van der Waals surface area contributed by atoms with E-state index in [1.807, 2.05) is 48.7 Å². The molecule has 0 aliphatic heterocycles. The second-order valence-corrected chi connectivity index (χ2v) is 10.8. The van der Waals surface area contributed by atoms with Crippen LogP contribution in [0.2, 0.25) is 5.02 Å². The fraction of sp³-hybridized carbons (Fsp3) is 0.182. The highest BCUT2D eigenvalue weighted by Gasteiger charge is 2.21. The minimum absolute atomic E-state index is 0.159. The molecule has 1 aliphatic rings. The Morgan fingerprint density at radius 1 is 1.05 bits per heavy atom. The van der Waals surface area contributed by atoms with Crippen molar-refractivity contribution in [3.63, 3.8) is 0 Å².